The average Bonchev–Trinajstić information content (AvgIpc) is 1.77. The van der Waals surface area contributed by atoms with Crippen molar-refractivity contribution >= 4 is 22.6 Å². The predicted octanol–water partition coefficient (Wildman–Crippen LogP) is 1.87. The minimum Gasteiger partial charge on any atom is -0.250 e. The summed E-state index contributed by atoms with van der Waals surface area (Å²) < 4.78 is 0.977. The Morgan fingerprint density at radius 1 is 1.62 bits per heavy atom. The number of aromatic nitrogens is 1. The van der Waals surface area contributed by atoms with Crippen molar-refractivity contribution in [3.8, 4) is 0 Å². The van der Waals surface area contributed by atoms with Crippen LogP contribution in [-0.4, -0.2) is 4.98 Å². The second kappa shape index (κ2) is 2.44. The summed E-state index contributed by atoms with van der Waals surface area (Å²) in [5.41, 5.74) is 0.994. The van der Waals surface area contributed by atoms with Gasteiger partial charge in [-0.05, 0) is 41.1 Å². The van der Waals surface area contributed by atoms with Gasteiger partial charge in [0.1, 0.15) is 3.70 Å². The average molecular weight is 218 g/mol. The highest BCUT2D eigenvalue weighted by molar-refractivity contribution is 14.1. The van der Waals surface area contributed by atoms with E-state index in [1.165, 1.54) is 0 Å². The van der Waals surface area contributed by atoms with E-state index in [1.807, 2.05) is 12.1 Å². The van der Waals surface area contributed by atoms with E-state index in [0.29, 0.717) is 0 Å². The van der Waals surface area contributed by atoms with Crippen LogP contribution in [0.25, 0.3) is 0 Å². The largest absolute Gasteiger partial charge is 0.250 e. The van der Waals surface area contributed by atoms with E-state index in [4.69, 9.17) is 0 Å². The first kappa shape index (κ1) is 6.01. The monoisotopic (exact) mass is 218 g/mol. The van der Waals surface area contributed by atoms with Gasteiger partial charge in [-0.3, -0.25) is 4.98 Å². The summed E-state index contributed by atoms with van der Waals surface area (Å²) >= 11 is 2.15. The number of nitrogens with zero attached hydrogens (tertiary/aromatic N) is 1. The smallest absolute Gasteiger partial charge is 0.104 e. The lowest BCUT2D eigenvalue weighted by atomic mass is 10.3. The van der Waals surface area contributed by atoms with Gasteiger partial charge in [-0.1, -0.05) is 6.07 Å². The molecule has 0 saturated carbocycles. The SMILES string of the molecule is [CH2]c1cccnc1I. The predicted molar refractivity (Wildman–Crippen MR) is 41.4 cm³/mol. The maximum absolute atomic E-state index is 4.00. The van der Waals surface area contributed by atoms with Gasteiger partial charge in [0, 0.05) is 6.20 Å². The third kappa shape index (κ3) is 1.18. The zero-order valence-electron chi connectivity index (χ0n) is 4.26. The number of rotatable bonds is 0. The molecule has 8 heavy (non-hydrogen) atoms. The van der Waals surface area contributed by atoms with Crippen molar-refractivity contribution in [2.45, 2.75) is 0 Å². The van der Waals surface area contributed by atoms with Crippen LogP contribution in [0.3, 0.4) is 0 Å². The summed E-state index contributed by atoms with van der Waals surface area (Å²) in [6.07, 6.45) is 1.76. The van der Waals surface area contributed by atoms with Crippen LogP contribution in [0.2, 0.25) is 0 Å². The van der Waals surface area contributed by atoms with Crippen molar-refractivity contribution in [1.29, 1.82) is 0 Å². The van der Waals surface area contributed by atoms with Crippen LogP contribution in [0.15, 0.2) is 18.3 Å². The van der Waals surface area contributed by atoms with E-state index in [1.54, 1.807) is 6.20 Å². The molecule has 1 radical (unpaired) electrons. The van der Waals surface area contributed by atoms with Gasteiger partial charge in [-0.25, -0.2) is 0 Å². The Balaban J connectivity index is 3.13. The maximum atomic E-state index is 4.00. The minimum atomic E-state index is 0.977. The molecule has 0 saturated heterocycles. The van der Waals surface area contributed by atoms with E-state index < -0.39 is 0 Å². The maximum Gasteiger partial charge on any atom is 0.104 e. The molecule has 1 nitrogen and oxygen atoms in total. The standard InChI is InChI=1S/C6H5IN/c1-5-3-2-4-8-6(5)7/h2-4H,1H2. The summed E-state index contributed by atoms with van der Waals surface area (Å²) in [6, 6.07) is 3.82. The molecule has 0 fully saturated rings. The van der Waals surface area contributed by atoms with Crippen LogP contribution < -0.4 is 0 Å². The van der Waals surface area contributed by atoms with E-state index in [0.717, 1.165) is 9.26 Å². The van der Waals surface area contributed by atoms with E-state index >= 15 is 0 Å². The first-order valence-corrected chi connectivity index (χ1v) is 3.31. The summed E-state index contributed by atoms with van der Waals surface area (Å²) in [4.78, 5) is 4.00. The molecule has 0 spiro atoms. The molecule has 0 unspecified atom stereocenters. The third-order valence-corrected chi connectivity index (χ3v) is 1.81. The van der Waals surface area contributed by atoms with E-state index in [-0.39, 0.29) is 0 Å². The van der Waals surface area contributed by atoms with Gasteiger partial charge in [-0.2, -0.15) is 0 Å². The lowest BCUT2D eigenvalue weighted by Gasteiger charge is -1.90. The van der Waals surface area contributed by atoms with Crippen molar-refractivity contribution in [2.24, 2.45) is 0 Å². The lowest BCUT2D eigenvalue weighted by Crippen LogP contribution is -1.81. The molecule has 2 heteroatoms. The van der Waals surface area contributed by atoms with Gasteiger partial charge in [-0.15, -0.1) is 0 Å². The van der Waals surface area contributed by atoms with E-state index in [2.05, 4.69) is 34.5 Å². The molecule has 0 aliphatic heterocycles. The van der Waals surface area contributed by atoms with Gasteiger partial charge >= 0.3 is 0 Å². The number of halogens is 1. The van der Waals surface area contributed by atoms with Crippen molar-refractivity contribution in [3.05, 3.63) is 34.5 Å². The normalized spacial score (nSPS) is 9.25. The lowest BCUT2D eigenvalue weighted by molar-refractivity contribution is 1.25. The molecule has 1 aromatic rings. The van der Waals surface area contributed by atoms with E-state index in [9.17, 15) is 0 Å². The van der Waals surface area contributed by atoms with Gasteiger partial charge < -0.3 is 0 Å². The van der Waals surface area contributed by atoms with Crippen LogP contribution in [0.5, 0.6) is 0 Å². The van der Waals surface area contributed by atoms with Crippen molar-refractivity contribution < 1.29 is 0 Å². The molecule has 0 atom stereocenters. The van der Waals surface area contributed by atoms with Gasteiger partial charge in [0.15, 0.2) is 0 Å². The van der Waals surface area contributed by atoms with Crippen molar-refractivity contribution in [1.82, 2.24) is 4.98 Å². The summed E-state index contributed by atoms with van der Waals surface area (Å²) in [5.74, 6) is 0. The first-order chi connectivity index (χ1) is 3.80. The molecular formula is C6H5IN. The Bertz CT molecular complexity index is 165. The molecule has 0 aliphatic carbocycles. The molecule has 1 rings (SSSR count). The molecule has 0 bridgehead atoms. The summed E-state index contributed by atoms with van der Waals surface area (Å²) in [5, 5.41) is 0. The zero-order chi connectivity index (χ0) is 5.98. The van der Waals surface area contributed by atoms with Crippen LogP contribution in [-0.2, 0) is 0 Å². The van der Waals surface area contributed by atoms with Crippen molar-refractivity contribution in [3.63, 3.8) is 0 Å². The second-order valence-corrected chi connectivity index (χ2v) is 2.48. The summed E-state index contributed by atoms with van der Waals surface area (Å²) in [7, 11) is 0. The Morgan fingerprint density at radius 3 is 2.75 bits per heavy atom. The topological polar surface area (TPSA) is 12.9 Å². The summed E-state index contributed by atoms with van der Waals surface area (Å²) in [6.45, 7) is 3.75. The fraction of sp³-hybridized carbons (Fsp3) is 0. The second-order valence-electron chi connectivity index (χ2n) is 1.45. The fourth-order valence-corrected chi connectivity index (χ4v) is 0.760. The zero-order valence-corrected chi connectivity index (χ0v) is 6.42. The molecule has 0 N–H and O–H groups in total. The van der Waals surface area contributed by atoms with Crippen LogP contribution in [0, 0.1) is 10.6 Å². The molecule has 0 amide bonds. The molecular weight excluding hydrogens is 213 g/mol. The van der Waals surface area contributed by atoms with Gasteiger partial charge in [0.25, 0.3) is 0 Å². The number of pyridine rings is 1. The highest BCUT2D eigenvalue weighted by Gasteiger charge is 1.87. The van der Waals surface area contributed by atoms with Crippen molar-refractivity contribution in [2.75, 3.05) is 0 Å². The molecule has 1 heterocycles. The molecule has 0 aromatic carbocycles. The Hall–Kier alpha value is -0.120. The molecule has 0 aliphatic rings. The number of hydrogen-bond donors (Lipinski definition) is 0. The van der Waals surface area contributed by atoms with Gasteiger partial charge in [0.05, 0.1) is 0 Å². The quantitative estimate of drug-likeness (QED) is 0.478. The van der Waals surface area contributed by atoms with Crippen LogP contribution >= 0.6 is 22.6 Å². The highest BCUT2D eigenvalue weighted by Crippen LogP contribution is 2.04. The minimum absolute atomic E-state index is 0.977. The Kier molecular flexibility index (Phi) is 1.83. The van der Waals surface area contributed by atoms with Crippen LogP contribution in [0.1, 0.15) is 5.56 Å². The Labute approximate surface area is 62.3 Å². The molecule has 1 aromatic heterocycles. The highest BCUT2D eigenvalue weighted by atomic mass is 127. The fourth-order valence-electron chi connectivity index (χ4n) is 0.419. The molecule has 41 valence electrons. The Morgan fingerprint density at radius 2 is 2.38 bits per heavy atom. The first-order valence-electron chi connectivity index (χ1n) is 2.23. The van der Waals surface area contributed by atoms with Crippen LogP contribution in [0.4, 0.5) is 0 Å². The number of hydrogen-bond acceptors (Lipinski definition) is 1. The van der Waals surface area contributed by atoms with Gasteiger partial charge in [0.2, 0.25) is 0 Å². The third-order valence-electron chi connectivity index (χ3n) is 0.836.